The summed E-state index contributed by atoms with van der Waals surface area (Å²) in [6.45, 7) is 0.980. The highest BCUT2D eigenvalue weighted by atomic mass is 32.2. The fourth-order valence-corrected chi connectivity index (χ4v) is 5.19. The van der Waals surface area contributed by atoms with E-state index in [0.717, 1.165) is 30.0 Å². The molecule has 0 saturated heterocycles. The smallest absolute Gasteiger partial charge is 0.469 e. The minimum absolute atomic E-state index is 0.0341. The Labute approximate surface area is 230 Å². The van der Waals surface area contributed by atoms with Gasteiger partial charge in [0.1, 0.15) is 11.5 Å². The van der Waals surface area contributed by atoms with Gasteiger partial charge in [-0.3, -0.25) is 9.52 Å². The molecule has 0 aliphatic carbocycles. The summed E-state index contributed by atoms with van der Waals surface area (Å²) in [5.74, 6) is -0.343. The molecule has 4 N–H and O–H groups in total. The summed E-state index contributed by atoms with van der Waals surface area (Å²) >= 11 is 1.08. The first-order valence-electron chi connectivity index (χ1n) is 11.8. The SMILES string of the molecule is C[C@](N)(COP(=O)(O)O)C1=NCC(c2ccc(OCCCCOc3cccc(C(F)(F)F)c3)c(C(F)(F)F)c2)S1. The van der Waals surface area contributed by atoms with E-state index in [2.05, 4.69) is 9.52 Å². The average molecular weight is 617 g/mol. The van der Waals surface area contributed by atoms with Crippen LogP contribution in [0.2, 0.25) is 0 Å². The van der Waals surface area contributed by atoms with E-state index in [1.54, 1.807) is 0 Å². The summed E-state index contributed by atoms with van der Waals surface area (Å²) in [6, 6.07) is 8.02. The first kappa shape index (κ1) is 32.2. The van der Waals surface area contributed by atoms with E-state index in [1.165, 1.54) is 31.2 Å². The Morgan fingerprint density at radius 1 is 1.02 bits per heavy atom. The van der Waals surface area contributed by atoms with Gasteiger partial charge in [-0.15, -0.1) is 0 Å². The second-order valence-electron chi connectivity index (χ2n) is 9.12. The molecule has 1 unspecified atom stereocenters. The monoisotopic (exact) mass is 616 g/mol. The molecule has 0 bridgehead atoms. The quantitative estimate of drug-likeness (QED) is 0.151. The summed E-state index contributed by atoms with van der Waals surface area (Å²) in [5.41, 5.74) is 3.18. The summed E-state index contributed by atoms with van der Waals surface area (Å²) in [6.07, 6.45) is -8.60. The fourth-order valence-electron chi connectivity index (χ4n) is 3.58. The molecule has 3 rings (SSSR count). The zero-order chi connectivity index (χ0) is 29.8. The lowest BCUT2D eigenvalue weighted by Gasteiger charge is -2.24. The van der Waals surface area contributed by atoms with Crippen LogP contribution in [-0.2, 0) is 21.4 Å². The van der Waals surface area contributed by atoms with Crippen molar-refractivity contribution in [3.8, 4) is 11.5 Å². The first-order chi connectivity index (χ1) is 18.5. The zero-order valence-electron chi connectivity index (χ0n) is 21.0. The van der Waals surface area contributed by atoms with E-state index in [1.807, 2.05) is 0 Å². The largest absolute Gasteiger partial charge is 0.494 e. The van der Waals surface area contributed by atoms with E-state index in [4.69, 9.17) is 25.0 Å². The maximum Gasteiger partial charge on any atom is 0.469 e. The number of hydrogen-bond acceptors (Lipinski definition) is 7. The van der Waals surface area contributed by atoms with Crippen molar-refractivity contribution >= 4 is 24.6 Å². The second kappa shape index (κ2) is 12.7. The first-order valence-corrected chi connectivity index (χ1v) is 14.2. The normalized spacial score (nSPS) is 17.9. The van der Waals surface area contributed by atoms with Crippen LogP contribution in [0.25, 0.3) is 0 Å². The van der Waals surface area contributed by atoms with Gasteiger partial charge in [0.2, 0.25) is 0 Å². The molecule has 0 aromatic heterocycles. The van der Waals surface area contributed by atoms with Crippen molar-refractivity contribution in [3.05, 3.63) is 59.2 Å². The third kappa shape index (κ3) is 9.38. The molecule has 2 atom stereocenters. The number of alkyl halides is 6. The van der Waals surface area contributed by atoms with Crippen molar-refractivity contribution in [3.63, 3.8) is 0 Å². The molecular weight excluding hydrogens is 589 g/mol. The summed E-state index contributed by atoms with van der Waals surface area (Å²) in [7, 11) is -4.77. The van der Waals surface area contributed by atoms with Crippen molar-refractivity contribution in [1.29, 1.82) is 0 Å². The molecule has 2 aromatic carbocycles. The molecule has 222 valence electrons. The number of halogens is 6. The number of rotatable bonds is 12. The van der Waals surface area contributed by atoms with Gasteiger partial charge < -0.3 is 25.0 Å². The lowest BCUT2D eigenvalue weighted by atomic mass is 10.1. The van der Waals surface area contributed by atoms with E-state index in [0.29, 0.717) is 18.4 Å². The topological polar surface area (TPSA) is 124 Å². The van der Waals surface area contributed by atoms with Crippen molar-refractivity contribution in [2.75, 3.05) is 26.4 Å². The molecule has 0 radical (unpaired) electrons. The predicted molar refractivity (Wildman–Crippen MR) is 136 cm³/mol. The number of nitrogens with two attached hydrogens (primary N) is 1. The summed E-state index contributed by atoms with van der Waals surface area (Å²) < 4.78 is 106. The van der Waals surface area contributed by atoms with Gasteiger partial charge in [0.05, 0.1) is 53.3 Å². The second-order valence-corrected chi connectivity index (χ2v) is 11.5. The Hall–Kier alpha value is -2.29. The van der Waals surface area contributed by atoms with Gasteiger partial charge in [-0.05, 0) is 55.7 Å². The maximum atomic E-state index is 13.8. The zero-order valence-corrected chi connectivity index (χ0v) is 22.7. The number of benzene rings is 2. The van der Waals surface area contributed by atoms with Crippen LogP contribution in [0.4, 0.5) is 26.3 Å². The van der Waals surface area contributed by atoms with Crippen LogP contribution in [0.1, 0.15) is 41.7 Å². The van der Waals surface area contributed by atoms with Gasteiger partial charge in [-0.1, -0.05) is 23.9 Å². The number of unbranched alkanes of at least 4 members (excludes halogenated alkanes) is 1. The Balaban J connectivity index is 1.55. The van der Waals surface area contributed by atoms with Crippen molar-refractivity contribution in [1.82, 2.24) is 0 Å². The molecule has 0 spiro atoms. The number of aliphatic imine (C=N–C) groups is 1. The minimum Gasteiger partial charge on any atom is -0.494 e. The Bertz CT molecular complexity index is 1250. The summed E-state index contributed by atoms with van der Waals surface area (Å²) in [5, 5.41) is -0.233. The molecule has 16 heteroatoms. The van der Waals surface area contributed by atoms with Crippen LogP contribution in [0.15, 0.2) is 47.5 Å². The number of phosphoric acid groups is 1. The highest BCUT2D eigenvalue weighted by molar-refractivity contribution is 8.14. The third-order valence-corrected chi connectivity index (χ3v) is 7.57. The van der Waals surface area contributed by atoms with Crippen molar-refractivity contribution < 1.29 is 54.7 Å². The molecule has 0 fully saturated rings. The molecule has 1 aliphatic heterocycles. The molecule has 40 heavy (non-hydrogen) atoms. The molecule has 0 amide bonds. The van der Waals surface area contributed by atoms with E-state index < -0.39 is 48.7 Å². The lowest BCUT2D eigenvalue weighted by Crippen LogP contribution is -2.47. The molecule has 1 aliphatic rings. The summed E-state index contributed by atoms with van der Waals surface area (Å²) in [4.78, 5) is 22.0. The van der Waals surface area contributed by atoms with Crippen LogP contribution < -0.4 is 15.2 Å². The van der Waals surface area contributed by atoms with Crippen LogP contribution in [0.5, 0.6) is 11.5 Å². The van der Waals surface area contributed by atoms with E-state index >= 15 is 0 Å². The van der Waals surface area contributed by atoms with Gasteiger partial charge in [-0.2, -0.15) is 26.3 Å². The highest BCUT2D eigenvalue weighted by Crippen LogP contribution is 2.44. The predicted octanol–water partition coefficient (Wildman–Crippen LogP) is 5.98. The van der Waals surface area contributed by atoms with Gasteiger partial charge in [0.15, 0.2) is 0 Å². The number of ether oxygens (including phenoxy) is 2. The van der Waals surface area contributed by atoms with E-state index in [9.17, 15) is 30.9 Å². The van der Waals surface area contributed by atoms with Crippen LogP contribution in [0.3, 0.4) is 0 Å². The van der Waals surface area contributed by atoms with Crippen molar-refractivity contribution in [2.24, 2.45) is 10.7 Å². The maximum absolute atomic E-state index is 13.8. The molecule has 0 saturated carbocycles. The third-order valence-electron chi connectivity index (χ3n) is 5.58. The van der Waals surface area contributed by atoms with Crippen LogP contribution in [-0.4, -0.2) is 46.7 Å². The Kier molecular flexibility index (Phi) is 10.2. The van der Waals surface area contributed by atoms with Crippen molar-refractivity contribution in [2.45, 2.75) is 42.9 Å². The lowest BCUT2D eigenvalue weighted by molar-refractivity contribution is -0.139. The average Bonchev–Trinajstić information content (AvgIpc) is 3.35. The van der Waals surface area contributed by atoms with Gasteiger partial charge in [-0.25, -0.2) is 4.57 Å². The fraction of sp³-hybridized carbons (Fsp3) is 0.458. The van der Waals surface area contributed by atoms with Gasteiger partial charge in [0.25, 0.3) is 0 Å². The molecule has 2 aromatic rings. The van der Waals surface area contributed by atoms with Crippen LogP contribution in [0, 0.1) is 0 Å². The van der Waals surface area contributed by atoms with Gasteiger partial charge >= 0.3 is 20.2 Å². The number of thioether (sulfide) groups is 1. The minimum atomic E-state index is -4.77. The Morgan fingerprint density at radius 2 is 1.70 bits per heavy atom. The molecular formula is C24H27F6N2O6PS. The standard InChI is InChI=1S/C24H27F6N2O6PS/c1-22(31,14-38-39(33,34)35)21-32-13-20(40-21)15-7-8-19(18(11-15)24(28,29)30)37-10-3-2-9-36-17-6-4-5-16(12-17)23(25,26)27/h4-8,11-12,20H,2-3,9-10,13-14,31H2,1H3,(H2,33,34,35)/t20?,22-/m0/s1. The number of phosphoric ester groups is 1. The van der Waals surface area contributed by atoms with E-state index in [-0.39, 0.29) is 36.3 Å². The highest BCUT2D eigenvalue weighted by Gasteiger charge is 2.38. The number of nitrogens with zero attached hydrogens (tertiary/aromatic N) is 1. The molecule has 8 nitrogen and oxygen atoms in total. The number of hydrogen-bond donors (Lipinski definition) is 3. The Morgan fingerprint density at radius 3 is 2.33 bits per heavy atom. The van der Waals surface area contributed by atoms with Crippen LogP contribution >= 0.6 is 19.6 Å². The molecule has 1 heterocycles. The van der Waals surface area contributed by atoms with Gasteiger partial charge in [0, 0.05) is 0 Å².